The van der Waals surface area contributed by atoms with Crippen LogP contribution in [0.1, 0.15) is 32.6 Å². The Labute approximate surface area is 87.3 Å². The second-order valence-electron chi connectivity index (χ2n) is 4.50. The maximum atomic E-state index is 8.98. The van der Waals surface area contributed by atoms with Crippen molar-refractivity contribution in [3.05, 3.63) is 0 Å². The van der Waals surface area contributed by atoms with Crippen LogP contribution in [0.25, 0.3) is 0 Å². The first-order chi connectivity index (χ1) is 6.77. The molecule has 0 aromatic carbocycles. The standard InChI is InChI=1S/C11H24N2O/c1-10(8-12)9-13-6-3-2-4-11(13)5-7-14/h10-11,14H,2-9,12H2,1H3. The molecule has 1 aliphatic rings. The zero-order valence-electron chi connectivity index (χ0n) is 9.28. The summed E-state index contributed by atoms with van der Waals surface area (Å²) in [7, 11) is 0. The summed E-state index contributed by atoms with van der Waals surface area (Å²) in [5, 5.41) is 8.98. The third-order valence-electron chi connectivity index (χ3n) is 3.16. The smallest absolute Gasteiger partial charge is 0.0445 e. The van der Waals surface area contributed by atoms with Gasteiger partial charge in [0.2, 0.25) is 0 Å². The Morgan fingerprint density at radius 2 is 2.29 bits per heavy atom. The van der Waals surface area contributed by atoms with Crippen LogP contribution in [0.4, 0.5) is 0 Å². The summed E-state index contributed by atoms with van der Waals surface area (Å²) < 4.78 is 0. The molecule has 1 saturated heterocycles. The Kier molecular flexibility index (Phi) is 5.45. The summed E-state index contributed by atoms with van der Waals surface area (Å²) in [6.07, 6.45) is 4.80. The molecule has 14 heavy (non-hydrogen) atoms. The molecular weight excluding hydrogens is 176 g/mol. The minimum absolute atomic E-state index is 0.318. The van der Waals surface area contributed by atoms with Crippen molar-refractivity contribution in [1.29, 1.82) is 0 Å². The Balaban J connectivity index is 2.37. The van der Waals surface area contributed by atoms with Crippen molar-refractivity contribution in [2.24, 2.45) is 11.7 Å². The lowest BCUT2D eigenvalue weighted by atomic mass is 9.98. The lowest BCUT2D eigenvalue weighted by molar-refractivity contribution is 0.105. The van der Waals surface area contributed by atoms with Crippen LogP contribution in [-0.4, -0.2) is 42.3 Å². The minimum Gasteiger partial charge on any atom is -0.396 e. The van der Waals surface area contributed by atoms with Crippen LogP contribution < -0.4 is 5.73 Å². The fourth-order valence-electron chi connectivity index (χ4n) is 2.25. The van der Waals surface area contributed by atoms with Crippen LogP contribution in [0.15, 0.2) is 0 Å². The lowest BCUT2D eigenvalue weighted by Gasteiger charge is -2.37. The van der Waals surface area contributed by atoms with Crippen molar-refractivity contribution in [2.45, 2.75) is 38.6 Å². The Morgan fingerprint density at radius 3 is 2.93 bits per heavy atom. The molecule has 2 unspecified atom stereocenters. The van der Waals surface area contributed by atoms with Crippen molar-refractivity contribution in [3.63, 3.8) is 0 Å². The first kappa shape index (κ1) is 12.0. The van der Waals surface area contributed by atoms with Gasteiger partial charge in [-0.2, -0.15) is 0 Å². The molecule has 3 N–H and O–H groups in total. The van der Waals surface area contributed by atoms with Gasteiger partial charge >= 0.3 is 0 Å². The van der Waals surface area contributed by atoms with E-state index in [1.54, 1.807) is 0 Å². The van der Waals surface area contributed by atoms with E-state index in [0.717, 1.165) is 19.5 Å². The van der Waals surface area contributed by atoms with Gasteiger partial charge in [0.1, 0.15) is 0 Å². The largest absolute Gasteiger partial charge is 0.396 e. The normalized spacial score (nSPS) is 26.4. The number of rotatable bonds is 5. The van der Waals surface area contributed by atoms with Crippen LogP contribution >= 0.6 is 0 Å². The van der Waals surface area contributed by atoms with Crippen molar-refractivity contribution < 1.29 is 5.11 Å². The number of aliphatic hydroxyl groups is 1. The monoisotopic (exact) mass is 200 g/mol. The van der Waals surface area contributed by atoms with Crippen molar-refractivity contribution >= 4 is 0 Å². The van der Waals surface area contributed by atoms with Gasteiger partial charge in [-0.15, -0.1) is 0 Å². The van der Waals surface area contributed by atoms with E-state index in [2.05, 4.69) is 11.8 Å². The first-order valence-corrected chi connectivity index (χ1v) is 5.83. The molecule has 1 aliphatic heterocycles. The zero-order chi connectivity index (χ0) is 10.4. The van der Waals surface area contributed by atoms with Gasteiger partial charge in [-0.25, -0.2) is 0 Å². The van der Waals surface area contributed by atoms with Crippen LogP contribution in [-0.2, 0) is 0 Å². The zero-order valence-corrected chi connectivity index (χ0v) is 9.28. The summed E-state index contributed by atoms with van der Waals surface area (Å²) >= 11 is 0. The number of hydrogen-bond donors (Lipinski definition) is 2. The Bertz CT molecular complexity index is 150. The van der Waals surface area contributed by atoms with Crippen LogP contribution in [0.5, 0.6) is 0 Å². The number of likely N-dealkylation sites (tertiary alicyclic amines) is 1. The van der Waals surface area contributed by atoms with Crippen molar-refractivity contribution in [1.82, 2.24) is 4.90 Å². The van der Waals surface area contributed by atoms with Gasteiger partial charge < -0.3 is 10.8 Å². The van der Waals surface area contributed by atoms with Gasteiger partial charge in [0.15, 0.2) is 0 Å². The molecule has 0 radical (unpaired) electrons. The van der Waals surface area contributed by atoms with Crippen molar-refractivity contribution in [3.8, 4) is 0 Å². The maximum Gasteiger partial charge on any atom is 0.0445 e. The molecule has 0 saturated carbocycles. The van der Waals surface area contributed by atoms with E-state index in [1.165, 1.54) is 25.8 Å². The average molecular weight is 200 g/mol. The summed E-state index contributed by atoms with van der Waals surface area (Å²) in [4.78, 5) is 2.51. The van der Waals surface area contributed by atoms with Gasteiger partial charge in [0.25, 0.3) is 0 Å². The number of aliphatic hydroxyl groups excluding tert-OH is 1. The minimum atomic E-state index is 0.318. The molecule has 3 nitrogen and oxygen atoms in total. The Hall–Kier alpha value is -0.120. The molecule has 0 aliphatic carbocycles. The van der Waals surface area contributed by atoms with E-state index in [-0.39, 0.29) is 0 Å². The summed E-state index contributed by atoms with van der Waals surface area (Å²) in [6.45, 7) is 5.57. The number of nitrogens with two attached hydrogens (primary N) is 1. The average Bonchev–Trinajstić information content (AvgIpc) is 2.21. The van der Waals surface area contributed by atoms with Crippen LogP contribution in [0, 0.1) is 5.92 Å². The first-order valence-electron chi connectivity index (χ1n) is 5.83. The molecule has 3 heteroatoms. The predicted molar refractivity (Wildman–Crippen MR) is 59.1 cm³/mol. The molecule has 0 aromatic heterocycles. The number of hydrogen-bond acceptors (Lipinski definition) is 3. The molecule has 1 fully saturated rings. The predicted octanol–water partition coefficient (Wildman–Crippen LogP) is 0.818. The van der Waals surface area contributed by atoms with Crippen molar-refractivity contribution in [2.75, 3.05) is 26.2 Å². The highest BCUT2D eigenvalue weighted by Crippen LogP contribution is 2.20. The van der Waals surface area contributed by atoms with Crippen LogP contribution in [0.3, 0.4) is 0 Å². The molecule has 0 amide bonds. The molecule has 0 spiro atoms. The van der Waals surface area contributed by atoms with Gasteiger partial charge in [-0.1, -0.05) is 13.3 Å². The maximum absolute atomic E-state index is 8.98. The SMILES string of the molecule is CC(CN)CN1CCCCC1CCO. The topological polar surface area (TPSA) is 49.5 Å². The third-order valence-corrected chi connectivity index (χ3v) is 3.16. The summed E-state index contributed by atoms with van der Waals surface area (Å²) in [5.74, 6) is 0.578. The fraction of sp³-hybridized carbons (Fsp3) is 1.00. The summed E-state index contributed by atoms with van der Waals surface area (Å²) in [5.41, 5.74) is 5.63. The quantitative estimate of drug-likeness (QED) is 0.691. The Morgan fingerprint density at radius 1 is 1.50 bits per heavy atom. The molecule has 0 bridgehead atoms. The molecule has 2 atom stereocenters. The van der Waals surface area contributed by atoms with E-state index in [4.69, 9.17) is 10.8 Å². The van der Waals surface area contributed by atoms with Gasteiger partial charge in [0, 0.05) is 19.2 Å². The molecule has 84 valence electrons. The van der Waals surface area contributed by atoms with Gasteiger partial charge in [0.05, 0.1) is 0 Å². The highest BCUT2D eigenvalue weighted by molar-refractivity contribution is 4.78. The van der Waals surface area contributed by atoms with Crippen LogP contribution in [0.2, 0.25) is 0 Å². The lowest BCUT2D eigenvalue weighted by Crippen LogP contribution is -2.43. The molecule has 1 heterocycles. The molecule has 0 aromatic rings. The fourth-order valence-corrected chi connectivity index (χ4v) is 2.25. The van der Waals surface area contributed by atoms with Gasteiger partial charge in [-0.3, -0.25) is 4.90 Å². The van der Waals surface area contributed by atoms with E-state index in [9.17, 15) is 0 Å². The second kappa shape index (κ2) is 6.38. The van der Waals surface area contributed by atoms with E-state index in [0.29, 0.717) is 18.6 Å². The third kappa shape index (κ3) is 3.56. The van der Waals surface area contributed by atoms with Gasteiger partial charge in [-0.05, 0) is 38.3 Å². The highest BCUT2D eigenvalue weighted by Gasteiger charge is 2.22. The summed E-state index contributed by atoms with van der Waals surface area (Å²) in [6, 6.07) is 0.600. The molecular formula is C11H24N2O. The second-order valence-corrected chi connectivity index (χ2v) is 4.50. The number of nitrogens with zero attached hydrogens (tertiary/aromatic N) is 1. The number of piperidine rings is 1. The molecule has 1 rings (SSSR count). The highest BCUT2D eigenvalue weighted by atomic mass is 16.3. The van der Waals surface area contributed by atoms with E-state index >= 15 is 0 Å². The van der Waals surface area contributed by atoms with E-state index in [1.807, 2.05) is 0 Å². The van der Waals surface area contributed by atoms with E-state index < -0.39 is 0 Å².